The van der Waals surface area contributed by atoms with Gasteiger partial charge in [-0.25, -0.2) is 9.48 Å². The molecule has 6 nitrogen and oxygen atoms in total. The van der Waals surface area contributed by atoms with E-state index in [9.17, 15) is 4.79 Å². The fourth-order valence-electron chi connectivity index (χ4n) is 2.57. The monoisotopic (exact) mass is 300 g/mol. The van der Waals surface area contributed by atoms with Crippen LogP contribution in [0.3, 0.4) is 0 Å². The maximum Gasteiger partial charge on any atom is 0.319 e. The highest BCUT2D eigenvalue weighted by Gasteiger charge is 2.23. The van der Waals surface area contributed by atoms with Crippen molar-refractivity contribution in [2.24, 2.45) is 0 Å². The summed E-state index contributed by atoms with van der Waals surface area (Å²) in [6, 6.07) is 9.50. The summed E-state index contributed by atoms with van der Waals surface area (Å²) in [4.78, 5) is 12.0. The molecule has 2 aromatic rings. The molecular weight excluding hydrogens is 280 g/mol. The molecule has 0 saturated carbocycles. The summed E-state index contributed by atoms with van der Waals surface area (Å²) in [7, 11) is 0. The molecule has 2 heterocycles. The SMILES string of the molecule is CC(NC(=O)Nc1cnn(-c2ccccc2)c1)C1CCCO1. The van der Waals surface area contributed by atoms with E-state index in [1.54, 1.807) is 17.1 Å². The van der Waals surface area contributed by atoms with Crippen LogP contribution in [0.4, 0.5) is 10.5 Å². The predicted octanol–water partition coefficient (Wildman–Crippen LogP) is 2.56. The van der Waals surface area contributed by atoms with Crippen LogP contribution in [0.5, 0.6) is 0 Å². The number of para-hydroxylation sites is 1. The average molecular weight is 300 g/mol. The molecule has 0 radical (unpaired) electrons. The van der Waals surface area contributed by atoms with Crippen LogP contribution in [0.1, 0.15) is 19.8 Å². The van der Waals surface area contributed by atoms with Crippen molar-refractivity contribution >= 4 is 11.7 Å². The van der Waals surface area contributed by atoms with E-state index in [4.69, 9.17) is 4.74 Å². The first-order valence-corrected chi connectivity index (χ1v) is 7.51. The fraction of sp³-hybridized carbons (Fsp3) is 0.375. The minimum absolute atomic E-state index is 0.00771. The van der Waals surface area contributed by atoms with Crippen molar-refractivity contribution in [2.75, 3.05) is 11.9 Å². The van der Waals surface area contributed by atoms with Gasteiger partial charge in [0.05, 0.1) is 35.9 Å². The maximum absolute atomic E-state index is 12.0. The normalized spacial score (nSPS) is 18.9. The molecule has 2 atom stereocenters. The molecule has 116 valence electrons. The minimum atomic E-state index is -0.240. The first-order valence-electron chi connectivity index (χ1n) is 7.51. The fourth-order valence-corrected chi connectivity index (χ4v) is 2.57. The lowest BCUT2D eigenvalue weighted by Gasteiger charge is -2.19. The Hall–Kier alpha value is -2.34. The molecule has 1 aromatic carbocycles. The van der Waals surface area contributed by atoms with E-state index in [2.05, 4.69) is 15.7 Å². The molecule has 22 heavy (non-hydrogen) atoms. The molecule has 0 spiro atoms. The van der Waals surface area contributed by atoms with Gasteiger partial charge in [-0.1, -0.05) is 18.2 Å². The largest absolute Gasteiger partial charge is 0.376 e. The van der Waals surface area contributed by atoms with Crippen LogP contribution in [0.2, 0.25) is 0 Å². The van der Waals surface area contributed by atoms with Gasteiger partial charge in [0.1, 0.15) is 0 Å². The maximum atomic E-state index is 12.0. The predicted molar refractivity (Wildman–Crippen MR) is 84.2 cm³/mol. The average Bonchev–Trinajstić information content (AvgIpc) is 3.19. The second kappa shape index (κ2) is 6.62. The van der Waals surface area contributed by atoms with E-state index in [0.29, 0.717) is 5.69 Å². The summed E-state index contributed by atoms with van der Waals surface area (Å²) < 4.78 is 7.29. The number of anilines is 1. The van der Waals surface area contributed by atoms with Crippen LogP contribution in [0.15, 0.2) is 42.7 Å². The van der Waals surface area contributed by atoms with Crippen LogP contribution < -0.4 is 10.6 Å². The molecule has 3 rings (SSSR count). The van der Waals surface area contributed by atoms with Crippen molar-refractivity contribution in [1.82, 2.24) is 15.1 Å². The topological polar surface area (TPSA) is 68.2 Å². The van der Waals surface area contributed by atoms with Gasteiger partial charge < -0.3 is 15.4 Å². The second-order valence-electron chi connectivity index (χ2n) is 5.45. The van der Waals surface area contributed by atoms with Gasteiger partial charge in [0.15, 0.2) is 0 Å². The molecule has 1 saturated heterocycles. The lowest BCUT2D eigenvalue weighted by Crippen LogP contribution is -2.42. The van der Waals surface area contributed by atoms with Crippen molar-refractivity contribution in [3.63, 3.8) is 0 Å². The number of hydrogen-bond donors (Lipinski definition) is 2. The van der Waals surface area contributed by atoms with Crippen LogP contribution >= 0.6 is 0 Å². The van der Waals surface area contributed by atoms with Gasteiger partial charge in [-0.2, -0.15) is 5.10 Å². The third-order valence-corrected chi connectivity index (χ3v) is 3.74. The number of aromatic nitrogens is 2. The summed E-state index contributed by atoms with van der Waals surface area (Å²) in [6.07, 6.45) is 5.57. The highest BCUT2D eigenvalue weighted by atomic mass is 16.5. The zero-order valence-corrected chi connectivity index (χ0v) is 12.5. The Morgan fingerprint density at radius 1 is 1.41 bits per heavy atom. The molecule has 2 amide bonds. The number of amides is 2. The van der Waals surface area contributed by atoms with Gasteiger partial charge in [-0.3, -0.25) is 0 Å². The molecule has 1 aliphatic rings. The number of carbonyl (C=O) groups is 1. The van der Waals surface area contributed by atoms with E-state index in [0.717, 1.165) is 25.1 Å². The number of ether oxygens (including phenoxy) is 1. The summed E-state index contributed by atoms with van der Waals surface area (Å²) in [5.41, 5.74) is 1.60. The molecule has 0 aliphatic carbocycles. The Bertz CT molecular complexity index is 620. The van der Waals surface area contributed by atoms with Crippen molar-refractivity contribution in [3.05, 3.63) is 42.7 Å². The van der Waals surface area contributed by atoms with Crippen LogP contribution in [0, 0.1) is 0 Å². The molecule has 1 aliphatic heterocycles. The number of nitrogens with zero attached hydrogens (tertiary/aromatic N) is 2. The Labute approximate surface area is 129 Å². The number of nitrogens with one attached hydrogen (secondary N) is 2. The van der Waals surface area contributed by atoms with Crippen LogP contribution in [-0.2, 0) is 4.74 Å². The van der Waals surface area contributed by atoms with Crippen molar-refractivity contribution in [3.8, 4) is 5.69 Å². The van der Waals surface area contributed by atoms with Gasteiger partial charge in [0.2, 0.25) is 0 Å². The third-order valence-electron chi connectivity index (χ3n) is 3.74. The molecule has 6 heteroatoms. The lowest BCUT2D eigenvalue weighted by molar-refractivity contribution is 0.0868. The summed E-state index contributed by atoms with van der Waals surface area (Å²) in [5.74, 6) is 0. The molecule has 1 fully saturated rings. The molecule has 1 aromatic heterocycles. The van der Waals surface area contributed by atoms with E-state index in [-0.39, 0.29) is 18.2 Å². The quantitative estimate of drug-likeness (QED) is 0.912. The zero-order chi connectivity index (χ0) is 15.4. The number of carbonyl (C=O) groups excluding carboxylic acids is 1. The van der Waals surface area contributed by atoms with Gasteiger partial charge >= 0.3 is 6.03 Å². The van der Waals surface area contributed by atoms with Gasteiger partial charge in [0.25, 0.3) is 0 Å². The molecular formula is C16H20N4O2. The first-order chi connectivity index (χ1) is 10.7. The van der Waals surface area contributed by atoms with E-state index < -0.39 is 0 Å². The minimum Gasteiger partial charge on any atom is -0.376 e. The number of hydrogen-bond acceptors (Lipinski definition) is 3. The molecule has 2 unspecified atom stereocenters. The standard InChI is InChI=1S/C16H20N4O2/c1-12(15-8-5-9-22-15)18-16(21)19-13-10-17-20(11-13)14-6-3-2-4-7-14/h2-4,6-7,10-12,15H,5,8-9H2,1H3,(H2,18,19,21). The Morgan fingerprint density at radius 3 is 2.95 bits per heavy atom. The highest BCUT2D eigenvalue weighted by molar-refractivity contribution is 5.89. The van der Waals surface area contributed by atoms with E-state index in [1.165, 1.54) is 0 Å². The summed E-state index contributed by atoms with van der Waals surface area (Å²) in [5, 5.41) is 9.95. The van der Waals surface area contributed by atoms with E-state index >= 15 is 0 Å². The Kier molecular flexibility index (Phi) is 4.39. The third kappa shape index (κ3) is 3.46. The van der Waals surface area contributed by atoms with Crippen molar-refractivity contribution in [1.29, 1.82) is 0 Å². The highest BCUT2D eigenvalue weighted by Crippen LogP contribution is 2.16. The molecule has 0 bridgehead atoms. The smallest absolute Gasteiger partial charge is 0.319 e. The molecule has 2 N–H and O–H groups in total. The van der Waals surface area contributed by atoms with Gasteiger partial charge in [-0.05, 0) is 31.9 Å². The van der Waals surface area contributed by atoms with Gasteiger partial charge in [0, 0.05) is 6.61 Å². The van der Waals surface area contributed by atoms with Gasteiger partial charge in [-0.15, -0.1) is 0 Å². The lowest BCUT2D eigenvalue weighted by atomic mass is 10.1. The van der Waals surface area contributed by atoms with Crippen molar-refractivity contribution < 1.29 is 9.53 Å². The number of rotatable bonds is 4. The van der Waals surface area contributed by atoms with Crippen LogP contribution in [0.25, 0.3) is 5.69 Å². The van der Waals surface area contributed by atoms with E-state index in [1.807, 2.05) is 37.3 Å². The number of urea groups is 1. The van der Waals surface area contributed by atoms with Crippen LogP contribution in [-0.4, -0.2) is 34.6 Å². The summed E-state index contributed by atoms with van der Waals surface area (Å²) >= 11 is 0. The first kappa shape index (κ1) is 14.6. The zero-order valence-electron chi connectivity index (χ0n) is 12.5. The number of benzene rings is 1. The second-order valence-corrected chi connectivity index (χ2v) is 5.45. The summed E-state index contributed by atoms with van der Waals surface area (Å²) in [6.45, 7) is 2.74. The Morgan fingerprint density at radius 2 is 2.23 bits per heavy atom. The van der Waals surface area contributed by atoms with Crippen molar-refractivity contribution in [2.45, 2.75) is 31.9 Å². The Balaban J connectivity index is 1.57.